The molecule has 1 atom stereocenters. The van der Waals surface area contributed by atoms with Gasteiger partial charge in [0.2, 0.25) is 0 Å². The van der Waals surface area contributed by atoms with Crippen LogP contribution in [-0.4, -0.2) is 27.5 Å². The van der Waals surface area contributed by atoms with Gasteiger partial charge in [0.05, 0.1) is 7.11 Å². The highest BCUT2D eigenvalue weighted by molar-refractivity contribution is 6.69. The monoisotopic (exact) mass is 414 g/mol. The number of carbonyl (C=O) groups is 1. The van der Waals surface area contributed by atoms with Crippen LogP contribution < -0.4 is 0 Å². The number of hydrogen-bond donors (Lipinski definition) is 0. The second kappa shape index (κ2) is 18.7. The van der Waals surface area contributed by atoms with E-state index in [-0.39, 0.29) is 5.97 Å². The van der Waals surface area contributed by atoms with Crippen LogP contribution in [0.25, 0.3) is 0 Å². The number of esters is 1. The van der Waals surface area contributed by atoms with Gasteiger partial charge in [-0.25, -0.2) is 0 Å². The molecule has 0 fully saturated rings. The molecular formula is C24H50O3Si. The van der Waals surface area contributed by atoms with Crippen molar-refractivity contribution in [1.82, 2.24) is 0 Å². The molecule has 168 valence electrons. The number of ether oxygens (including phenoxy) is 1. The van der Waals surface area contributed by atoms with Crippen LogP contribution in [0.2, 0.25) is 19.6 Å². The Morgan fingerprint density at radius 1 is 0.714 bits per heavy atom. The Morgan fingerprint density at radius 3 is 1.57 bits per heavy atom. The number of hydrogen-bond acceptors (Lipinski definition) is 3. The van der Waals surface area contributed by atoms with Gasteiger partial charge in [0.15, 0.2) is 8.32 Å². The molecule has 0 aliphatic carbocycles. The third-order valence-electron chi connectivity index (χ3n) is 5.28. The summed E-state index contributed by atoms with van der Waals surface area (Å²) in [6.45, 7) is 9.18. The fourth-order valence-electron chi connectivity index (χ4n) is 3.72. The summed E-state index contributed by atoms with van der Waals surface area (Å²) in [7, 11) is -0.00747. The maximum absolute atomic E-state index is 11.1. The molecule has 0 saturated carbocycles. The number of methoxy groups -OCH3 is 1. The molecule has 4 heteroatoms. The quantitative estimate of drug-likeness (QED) is 0.115. The van der Waals surface area contributed by atoms with Crippen molar-refractivity contribution in [2.45, 2.75) is 142 Å². The summed E-state index contributed by atoms with van der Waals surface area (Å²) in [6, 6.07) is 0. The predicted octanol–water partition coefficient (Wildman–Crippen LogP) is 8.03. The topological polar surface area (TPSA) is 35.5 Å². The molecule has 0 rings (SSSR count). The van der Waals surface area contributed by atoms with E-state index in [0.29, 0.717) is 12.5 Å². The molecule has 0 saturated heterocycles. The van der Waals surface area contributed by atoms with Crippen LogP contribution in [0.3, 0.4) is 0 Å². The highest BCUT2D eigenvalue weighted by Crippen LogP contribution is 2.20. The SMILES string of the molecule is CCCCCCCCCCCCC(CCCCCCC(=O)OC)O[Si](C)(C)C. The standard InChI is InChI=1S/C24H50O3Si/c1-6-7-8-9-10-11-12-13-14-17-20-23(27-28(3,4)5)21-18-15-16-19-22-24(25)26-2/h23H,6-22H2,1-5H3. The van der Waals surface area contributed by atoms with Crippen molar-refractivity contribution in [3.8, 4) is 0 Å². The molecule has 0 aromatic heterocycles. The summed E-state index contributed by atoms with van der Waals surface area (Å²) in [6.07, 6.45) is 21.8. The van der Waals surface area contributed by atoms with Crippen LogP contribution in [0.1, 0.15) is 116 Å². The van der Waals surface area contributed by atoms with Gasteiger partial charge < -0.3 is 9.16 Å². The zero-order valence-corrected chi connectivity index (χ0v) is 20.8. The zero-order valence-electron chi connectivity index (χ0n) is 19.8. The lowest BCUT2D eigenvalue weighted by atomic mass is 10.0. The first-order valence-corrected chi connectivity index (χ1v) is 15.5. The second-order valence-electron chi connectivity index (χ2n) is 9.35. The molecule has 0 amide bonds. The number of carbonyl (C=O) groups excluding carboxylic acids is 1. The first-order valence-electron chi connectivity index (χ1n) is 12.1. The molecule has 0 N–H and O–H groups in total. The Kier molecular flexibility index (Phi) is 18.4. The minimum absolute atomic E-state index is 0.0825. The van der Waals surface area contributed by atoms with Gasteiger partial charge >= 0.3 is 5.97 Å². The van der Waals surface area contributed by atoms with E-state index in [1.54, 1.807) is 0 Å². The molecule has 0 aromatic rings. The third kappa shape index (κ3) is 20.4. The summed E-state index contributed by atoms with van der Waals surface area (Å²) in [5.74, 6) is -0.0825. The van der Waals surface area contributed by atoms with Crippen LogP contribution in [-0.2, 0) is 14.0 Å². The van der Waals surface area contributed by atoms with Crippen molar-refractivity contribution in [3.05, 3.63) is 0 Å². The van der Waals surface area contributed by atoms with E-state index in [2.05, 4.69) is 26.6 Å². The van der Waals surface area contributed by atoms with Gasteiger partial charge in [-0.3, -0.25) is 4.79 Å². The molecule has 0 bridgehead atoms. The van der Waals surface area contributed by atoms with E-state index in [1.807, 2.05) is 0 Å². The maximum atomic E-state index is 11.1. The highest BCUT2D eigenvalue weighted by atomic mass is 28.4. The third-order valence-corrected chi connectivity index (χ3v) is 6.32. The van der Waals surface area contributed by atoms with Gasteiger partial charge in [-0.2, -0.15) is 0 Å². The van der Waals surface area contributed by atoms with Gasteiger partial charge in [-0.05, 0) is 38.9 Å². The van der Waals surface area contributed by atoms with Gasteiger partial charge in [0.25, 0.3) is 0 Å². The van der Waals surface area contributed by atoms with E-state index in [4.69, 9.17) is 9.16 Å². The summed E-state index contributed by atoms with van der Waals surface area (Å²) in [5, 5.41) is 0. The van der Waals surface area contributed by atoms with E-state index in [0.717, 1.165) is 12.8 Å². The normalized spacial score (nSPS) is 12.9. The first-order chi connectivity index (χ1) is 13.4. The van der Waals surface area contributed by atoms with Crippen LogP contribution in [0.5, 0.6) is 0 Å². The van der Waals surface area contributed by atoms with Gasteiger partial charge in [0, 0.05) is 12.5 Å². The number of unbranched alkanes of at least 4 members (excludes halogenated alkanes) is 12. The fourth-order valence-corrected chi connectivity index (χ4v) is 4.95. The Labute approximate surface area is 177 Å². The van der Waals surface area contributed by atoms with Crippen LogP contribution in [0, 0.1) is 0 Å². The smallest absolute Gasteiger partial charge is 0.305 e. The van der Waals surface area contributed by atoms with Crippen molar-refractivity contribution >= 4 is 14.3 Å². The molecule has 0 aliphatic heterocycles. The lowest BCUT2D eigenvalue weighted by molar-refractivity contribution is -0.140. The molecule has 0 heterocycles. The average Bonchev–Trinajstić information content (AvgIpc) is 2.64. The van der Waals surface area contributed by atoms with Crippen molar-refractivity contribution in [2.24, 2.45) is 0 Å². The second-order valence-corrected chi connectivity index (χ2v) is 13.8. The summed E-state index contributed by atoms with van der Waals surface area (Å²) in [5.41, 5.74) is 0. The Morgan fingerprint density at radius 2 is 1.14 bits per heavy atom. The highest BCUT2D eigenvalue weighted by Gasteiger charge is 2.20. The fraction of sp³-hybridized carbons (Fsp3) is 0.958. The zero-order chi connectivity index (χ0) is 21.1. The van der Waals surface area contributed by atoms with Gasteiger partial charge in [-0.1, -0.05) is 90.4 Å². The molecule has 0 spiro atoms. The van der Waals surface area contributed by atoms with E-state index < -0.39 is 8.32 Å². The Balaban J connectivity index is 3.78. The van der Waals surface area contributed by atoms with Gasteiger partial charge in [-0.15, -0.1) is 0 Å². The minimum atomic E-state index is -1.47. The molecule has 3 nitrogen and oxygen atoms in total. The van der Waals surface area contributed by atoms with Crippen LogP contribution in [0.4, 0.5) is 0 Å². The predicted molar refractivity (Wildman–Crippen MR) is 124 cm³/mol. The Hall–Kier alpha value is -0.353. The molecular weight excluding hydrogens is 364 g/mol. The molecule has 0 aliphatic rings. The van der Waals surface area contributed by atoms with Crippen molar-refractivity contribution in [3.63, 3.8) is 0 Å². The first kappa shape index (κ1) is 27.6. The molecule has 0 aromatic carbocycles. The summed E-state index contributed by atoms with van der Waals surface area (Å²) >= 11 is 0. The van der Waals surface area contributed by atoms with Gasteiger partial charge in [0.1, 0.15) is 0 Å². The lowest BCUT2D eigenvalue weighted by Gasteiger charge is -2.26. The minimum Gasteiger partial charge on any atom is -0.469 e. The molecule has 0 radical (unpaired) electrons. The van der Waals surface area contributed by atoms with Crippen LogP contribution >= 0.6 is 0 Å². The van der Waals surface area contributed by atoms with Crippen LogP contribution in [0.15, 0.2) is 0 Å². The van der Waals surface area contributed by atoms with Crippen molar-refractivity contribution < 1.29 is 14.0 Å². The lowest BCUT2D eigenvalue weighted by Crippen LogP contribution is -2.32. The van der Waals surface area contributed by atoms with E-state index >= 15 is 0 Å². The molecule has 1 unspecified atom stereocenters. The van der Waals surface area contributed by atoms with Crippen molar-refractivity contribution in [1.29, 1.82) is 0 Å². The maximum Gasteiger partial charge on any atom is 0.305 e. The van der Waals surface area contributed by atoms with E-state index in [9.17, 15) is 4.79 Å². The Bertz CT molecular complexity index is 352. The van der Waals surface area contributed by atoms with E-state index in [1.165, 1.54) is 97.0 Å². The number of rotatable bonds is 20. The summed E-state index contributed by atoms with van der Waals surface area (Å²) in [4.78, 5) is 11.1. The van der Waals surface area contributed by atoms with Crippen molar-refractivity contribution in [2.75, 3.05) is 7.11 Å². The largest absolute Gasteiger partial charge is 0.469 e. The summed E-state index contributed by atoms with van der Waals surface area (Å²) < 4.78 is 11.1. The average molecular weight is 415 g/mol. The molecule has 28 heavy (non-hydrogen) atoms.